The third kappa shape index (κ3) is 5.26. The first-order chi connectivity index (χ1) is 7.87. The van der Waals surface area contributed by atoms with E-state index in [0.29, 0.717) is 0 Å². The Labute approximate surface area is 101 Å². The zero-order valence-corrected chi connectivity index (χ0v) is 10.6. The molecule has 18 heavy (non-hydrogen) atoms. The summed E-state index contributed by atoms with van der Waals surface area (Å²) in [5.74, 6) is -3.73. The van der Waals surface area contributed by atoms with Gasteiger partial charge in [-0.1, -0.05) is 0 Å². The fourth-order valence-corrected chi connectivity index (χ4v) is 2.73. The molecule has 0 aliphatic heterocycles. The van der Waals surface area contributed by atoms with E-state index in [-0.39, 0.29) is 0 Å². The van der Waals surface area contributed by atoms with Gasteiger partial charge in [-0.15, -0.1) is 0 Å². The van der Waals surface area contributed by atoms with Crippen LogP contribution in [0.4, 0.5) is 0 Å². The SMILES string of the molecule is O=C(O)C(CCC(C(=O)O)P(=O)(O)O)P(=O)(O)O. The van der Waals surface area contributed by atoms with Crippen LogP contribution in [0.3, 0.4) is 0 Å². The summed E-state index contributed by atoms with van der Waals surface area (Å²) in [5, 5.41) is 17.1. The Hall–Kier alpha value is -0.760. The van der Waals surface area contributed by atoms with Crippen molar-refractivity contribution in [2.75, 3.05) is 0 Å². The third-order valence-corrected chi connectivity index (χ3v) is 4.68. The van der Waals surface area contributed by atoms with Crippen molar-refractivity contribution in [1.29, 1.82) is 0 Å². The zero-order chi connectivity index (χ0) is 14.7. The van der Waals surface area contributed by atoms with Crippen molar-refractivity contribution in [2.45, 2.75) is 24.2 Å². The molecule has 6 N–H and O–H groups in total. The van der Waals surface area contributed by atoms with Gasteiger partial charge < -0.3 is 29.8 Å². The van der Waals surface area contributed by atoms with E-state index in [1.807, 2.05) is 0 Å². The Bertz CT molecular complexity index is 378. The van der Waals surface area contributed by atoms with Crippen molar-refractivity contribution in [1.82, 2.24) is 0 Å². The molecule has 12 heteroatoms. The van der Waals surface area contributed by atoms with Gasteiger partial charge in [-0.3, -0.25) is 18.7 Å². The van der Waals surface area contributed by atoms with E-state index in [4.69, 9.17) is 29.8 Å². The van der Waals surface area contributed by atoms with E-state index >= 15 is 0 Å². The first kappa shape index (κ1) is 17.2. The highest BCUT2D eigenvalue weighted by Gasteiger charge is 2.40. The monoisotopic (exact) mass is 306 g/mol. The van der Waals surface area contributed by atoms with Gasteiger partial charge in [0.2, 0.25) is 0 Å². The van der Waals surface area contributed by atoms with E-state index < -0.39 is 51.3 Å². The van der Waals surface area contributed by atoms with Crippen LogP contribution in [0.1, 0.15) is 12.8 Å². The summed E-state index contributed by atoms with van der Waals surface area (Å²) in [7, 11) is -10.0. The van der Waals surface area contributed by atoms with Gasteiger partial charge in [-0.05, 0) is 12.8 Å². The highest BCUT2D eigenvalue weighted by atomic mass is 31.2. The van der Waals surface area contributed by atoms with Crippen molar-refractivity contribution >= 4 is 27.1 Å². The average molecular weight is 306 g/mol. The summed E-state index contributed by atoms with van der Waals surface area (Å²) in [4.78, 5) is 55.9. The maximum absolute atomic E-state index is 10.8. The molecular formula is C6H12O10P2. The van der Waals surface area contributed by atoms with Crippen LogP contribution in [0.2, 0.25) is 0 Å². The lowest BCUT2D eigenvalue weighted by molar-refractivity contribution is -0.139. The van der Waals surface area contributed by atoms with Crippen LogP contribution >= 0.6 is 15.2 Å². The Kier molecular flexibility index (Phi) is 5.67. The lowest BCUT2D eigenvalue weighted by Crippen LogP contribution is -2.26. The summed E-state index contributed by atoms with van der Waals surface area (Å²) >= 11 is 0. The standard InChI is InChI=1S/C6H12O10P2/c7-5(8)3(17(11,12)13)1-2-4(6(9)10)18(14,15)16/h3-4H,1-2H2,(H,7,8)(H,9,10)(H2,11,12,13)(H2,14,15,16). The maximum atomic E-state index is 10.8. The normalized spacial score (nSPS) is 16.0. The predicted octanol–water partition coefficient (Wildman–Crippen LogP) is -0.972. The van der Waals surface area contributed by atoms with Gasteiger partial charge in [-0.2, -0.15) is 0 Å². The van der Waals surface area contributed by atoms with Crippen LogP contribution in [0.5, 0.6) is 0 Å². The van der Waals surface area contributed by atoms with Crippen LogP contribution in [0, 0.1) is 0 Å². The minimum absolute atomic E-state index is 0.859. The molecule has 2 atom stereocenters. The predicted molar refractivity (Wildman–Crippen MR) is 56.2 cm³/mol. The van der Waals surface area contributed by atoms with Crippen LogP contribution in [0.25, 0.3) is 0 Å². The van der Waals surface area contributed by atoms with Gasteiger partial charge >= 0.3 is 27.1 Å². The molecule has 0 aliphatic rings. The summed E-state index contributed by atoms with van der Waals surface area (Å²) < 4.78 is 21.6. The van der Waals surface area contributed by atoms with Crippen LogP contribution < -0.4 is 0 Å². The smallest absolute Gasteiger partial charge is 0.339 e. The van der Waals surface area contributed by atoms with E-state index in [9.17, 15) is 18.7 Å². The van der Waals surface area contributed by atoms with Crippen molar-refractivity contribution in [2.24, 2.45) is 0 Å². The molecular weight excluding hydrogens is 294 g/mol. The second-order valence-electron chi connectivity index (χ2n) is 3.46. The van der Waals surface area contributed by atoms with Gasteiger partial charge in [0, 0.05) is 0 Å². The molecule has 0 aromatic heterocycles. The van der Waals surface area contributed by atoms with Crippen molar-refractivity contribution in [3.63, 3.8) is 0 Å². The summed E-state index contributed by atoms with van der Waals surface area (Å²) in [5.41, 5.74) is -4.38. The van der Waals surface area contributed by atoms with Crippen molar-refractivity contribution < 1.29 is 48.5 Å². The molecule has 0 aromatic carbocycles. The van der Waals surface area contributed by atoms with Gasteiger partial charge in [-0.25, -0.2) is 0 Å². The van der Waals surface area contributed by atoms with E-state index in [1.165, 1.54) is 0 Å². The van der Waals surface area contributed by atoms with Crippen LogP contribution in [-0.2, 0) is 18.7 Å². The number of rotatable bonds is 7. The summed E-state index contributed by atoms with van der Waals surface area (Å²) in [6.07, 6.45) is -1.72. The van der Waals surface area contributed by atoms with Crippen LogP contribution in [-0.4, -0.2) is 53.0 Å². The number of hydrogen-bond acceptors (Lipinski definition) is 4. The largest absolute Gasteiger partial charge is 0.481 e. The molecule has 10 nitrogen and oxygen atoms in total. The molecule has 0 amide bonds. The number of carbonyl (C=O) groups is 2. The van der Waals surface area contributed by atoms with E-state index in [2.05, 4.69) is 0 Å². The minimum atomic E-state index is -5.02. The van der Waals surface area contributed by atoms with E-state index in [1.54, 1.807) is 0 Å². The molecule has 0 aliphatic carbocycles. The molecule has 0 spiro atoms. The topological polar surface area (TPSA) is 190 Å². The van der Waals surface area contributed by atoms with Crippen molar-refractivity contribution in [3.8, 4) is 0 Å². The molecule has 0 saturated heterocycles. The lowest BCUT2D eigenvalue weighted by Gasteiger charge is -2.17. The summed E-state index contributed by atoms with van der Waals surface area (Å²) in [6, 6.07) is 0. The van der Waals surface area contributed by atoms with Crippen LogP contribution in [0.15, 0.2) is 0 Å². The van der Waals surface area contributed by atoms with Gasteiger partial charge in [0.05, 0.1) is 0 Å². The first-order valence-corrected chi connectivity index (χ1v) is 7.79. The highest BCUT2D eigenvalue weighted by Crippen LogP contribution is 2.48. The molecule has 0 fully saturated rings. The maximum Gasteiger partial charge on any atom is 0.339 e. The quantitative estimate of drug-likeness (QED) is 0.319. The number of hydrogen-bond donors (Lipinski definition) is 6. The second-order valence-corrected chi connectivity index (χ2v) is 7.07. The Balaban J connectivity index is 4.91. The zero-order valence-electron chi connectivity index (χ0n) is 8.78. The fraction of sp³-hybridized carbons (Fsp3) is 0.667. The van der Waals surface area contributed by atoms with Crippen molar-refractivity contribution in [3.05, 3.63) is 0 Å². The van der Waals surface area contributed by atoms with Gasteiger partial charge in [0.1, 0.15) is 0 Å². The Morgan fingerprint density at radius 3 is 1.11 bits per heavy atom. The number of aliphatic carboxylic acids is 2. The molecule has 0 radical (unpaired) electrons. The highest BCUT2D eigenvalue weighted by molar-refractivity contribution is 7.54. The molecule has 0 saturated carbocycles. The average Bonchev–Trinajstić information content (AvgIpc) is 2.05. The minimum Gasteiger partial charge on any atom is -0.481 e. The fourth-order valence-electron chi connectivity index (χ4n) is 1.19. The summed E-state index contributed by atoms with van der Waals surface area (Å²) in [6.45, 7) is 0. The molecule has 0 heterocycles. The number of carboxylic acids is 2. The van der Waals surface area contributed by atoms with Gasteiger partial charge in [0.15, 0.2) is 11.3 Å². The number of carboxylic acid groups (broad SMARTS) is 2. The Morgan fingerprint density at radius 1 is 0.778 bits per heavy atom. The molecule has 0 rings (SSSR count). The second kappa shape index (κ2) is 5.92. The molecule has 0 bridgehead atoms. The van der Waals surface area contributed by atoms with E-state index in [0.717, 1.165) is 0 Å². The third-order valence-electron chi connectivity index (χ3n) is 2.10. The molecule has 2 unspecified atom stereocenters. The lowest BCUT2D eigenvalue weighted by atomic mass is 10.2. The Morgan fingerprint density at radius 2 is 1.00 bits per heavy atom. The first-order valence-electron chi connectivity index (χ1n) is 4.43. The molecule has 0 aromatic rings. The van der Waals surface area contributed by atoms with Gasteiger partial charge in [0.25, 0.3) is 0 Å². The molecule has 106 valence electrons.